The highest BCUT2D eigenvalue weighted by molar-refractivity contribution is 6.22. The fraction of sp³-hybridized carbons (Fsp3) is 0.320. The van der Waals surface area contributed by atoms with Crippen LogP contribution in [0.25, 0.3) is 0 Å². The maximum atomic E-state index is 13.2. The average molecular weight is 417 g/mol. The number of Topliss-reactive ketones (excluding diaryl/α,β-unsaturated/α-hetero) is 1. The van der Waals surface area contributed by atoms with Crippen molar-refractivity contribution in [2.45, 2.75) is 6.42 Å². The Morgan fingerprint density at radius 3 is 2.26 bits per heavy atom. The van der Waals surface area contributed by atoms with E-state index in [0.717, 1.165) is 6.42 Å². The van der Waals surface area contributed by atoms with Crippen LogP contribution in [0.5, 0.6) is 5.75 Å². The molecule has 1 saturated heterocycles. The molecule has 5 nitrogen and oxygen atoms in total. The number of imide groups is 1. The van der Waals surface area contributed by atoms with Gasteiger partial charge in [-0.05, 0) is 66.5 Å². The Balaban J connectivity index is 1.20. The van der Waals surface area contributed by atoms with E-state index in [9.17, 15) is 18.8 Å². The van der Waals surface area contributed by atoms with E-state index in [1.165, 1.54) is 29.2 Å². The smallest absolute Gasteiger partial charge is 0.238 e. The molecule has 2 saturated carbocycles. The summed E-state index contributed by atoms with van der Waals surface area (Å²) in [5.41, 5.74) is 0.831. The van der Waals surface area contributed by atoms with Crippen LogP contribution in [0.4, 0.5) is 10.1 Å². The molecule has 2 aromatic rings. The number of ketones is 1. The molecule has 0 spiro atoms. The van der Waals surface area contributed by atoms with E-state index in [2.05, 4.69) is 12.2 Å². The zero-order valence-corrected chi connectivity index (χ0v) is 16.6. The van der Waals surface area contributed by atoms with Gasteiger partial charge in [0, 0.05) is 11.6 Å². The normalized spacial score (nSPS) is 32.1. The number of hydrogen-bond donors (Lipinski definition) is 0. The molecule has 4 aliphatic carbocycles. The molecule has 0 unspecified atom stereocenters. The molecule has 2 bridgehead atoms. The van der Waals surface area contributed by atoms with Crippen LogP contribution in [0.2, 0.25) is 0 Å². The summed E-state index contributed by atoms with van der Waals surface area (Å²) in [6, 6.07) is 12.0. The largest absolute Gasteiger partial charge is 0.485 e. The molecule has 2 amide bonds. The first-order chi connectivity index (χ1) is 15.0. The second-order valence-corrected chi connectivity index (χ2v) is 8.88. The van der Waals surface area contributed by atoms with Gasteiger partial charge in [-0.3, -0.25) is 14.4 Å². The molecule has 156 valence electrons. The monoisotopic (exact) mass is 417 g/mol. The second-order valence-electron chi connectivity index (χ2n) is 8.88. The van der Waals surface area contributed by atoms with Crippen molar-refractivity contribution in [2.75, 3.05) is 11.5 Å². The number of rotatable bonds is 5. The lowest BCUT2D eigenvalue weighted by atomic mass is 9.63. The lowest BCUT2D eigenvalue weighted by Crippen LogP contribution is -2.40. The molecular formula is C25H20FNO4. The quantitative estimate of drug-likeness (QED) is 0.423. The average Bonchev–Trinajstić information content (AvgIpc) is 3.56. The molecule has 3 fully saturated rings. The minimum atomic E-state index is -0.411. The van der Waals surface area contributed by atoms with Crippen LogP contribution in [0.15, 0.2) is 60.7 Å². The van der Waals surface area contributed by atoms with Gasteiger partial charge < -0.3 is 4.74 Å². The molecule has 6 heteroatoms. The predicted octanol–water partition coefficient (Wildman–Crippen LogP) is 3.64. The van der Waals surface area contributed by atoms with Gasteiger partial charge in [0.2, 0.25) is 11.8 Å². The number of hydrogen-bond acceptors (Lipinski definition) is 4. The molecule has 31 heavy (non-hydrogen) atoms. The molecular weight excluding hydrogens is 397 g/mol. The molecule has 0 aromatic heterocycles. The van der Waals surface area contributed by atoms with E-state index < -0.39 is 5.82 Å². The Morgan fingerprint density at radius 1 is 0.968 bits per heavy atom. The summed E-state index contributed by atoms with van der Waals surface area (Å²) in [7, 11) is 0. The van der Waals surface area contributed by atoms with Crippen LogP contribution < -0.4 is 9.64 Å². The van der Waals surface area contributed by atoms with Crippen LogP contribution >= 0.6 is 0 Å². The van der Waals surface area contributed by atoms with Crippen LogP contribution in [0, 0.1) is 41.3 Å². The number of amides is 2. The van der Waals surface area contributed by atoms with E-state index in [1.54, 1.807) is 24.3 Å². The van der Waals surface area contributed by atoms with Crippen molar-refractivity contribution in [3.05, 3.63) is 72.1 Å². The third-order valence-corrected chi connectivity index (χ3v) is 7.27. The van der Waals surface area contributed by atoms with Gasteiger partial charge in [-0.2, -0.15) is 0 Å². The maximum absolute atomic E-state index is 13.2. The van der Waals surface area contributed by atoms with Crippen molar-refractivity contribution in [3.8, 4) is 5.75 Å². The molecule has 6 atom stereocenters. The molecule has 7 rings (SSSR count). The third-order valence-electron chi connectivity index (χ3n) is 7.27. The first-order valence-corrected chi connectivity index (χ1v) is 10.6. The first-order valence-electron chi connectivity index (χ1n) is 10.6. The van der Waals surface area contributed by atoms with E-state index in [-0.39, 0.29) is 47.9 Å². The van der Waals surface area contributed by atoms with E-state index in [1.807, 2.05) is 0 Å². The van der Waals surface area contributed by atoms with Crippen molar-refractivity contribution >= 4 is 23.3 Å². The van der Waals surface area contributed by atoms with Crippen molar-refractivity contribution in [2.24, 2.45) is 35.5 Å². The minimum Gasteiger partial charge on any atom is -0.485 e. The van der Waals surface area contributed by atoms with Gasteiger partial charge in [-0.15, -0.1) is 0 Å². The number of allylic oxidation sites excluding steroid dienone is 2. The van der Waals surface area contributed by atoms with Crippen molar-refractivity contribution < 1.29 is 23.5 Å². The zero-order valence-electron chi connectivity index (χ0n) is 16.6. The molecule has 0 radical (unpaired) electrons. The standard InChI is InChI=1S/C25H20FNO4/c26-14-6-4-13(5-7-14)21(28)12-31-16-3-1-2-15(10-16)27-24(29)22-17-8-9-18(20-11-19(17)20)23(22)25(27)30/h1-10,17-20,22-23H,11-12H2/t17-,18-,19-,20+,22+,23-/m1/s1. The van der Waals surface area contributed by atoms with Crippen molar-refractivity contribution in [3.63, 3.8) is 0 Å². The number of halogens is 1. The fourth-order valence-electron chi connectivity index (χ4n) is 5.79. The lowest BCUT2D eigenvalue weighted by Gasteiger charge is -2.37. The lowest BCUT2D eigenvalue weighted by molar-refractivity contribution is -0.124. The van der Waals surface area contributed by atoms with E-state index in [4.69, 9.17) is 4.74 Å². The summed E-state index contributed by atoms with van der Waals surface area (Å²) in [6.07, 6.45) is 5.42. The van der Waals surface area contributed by atoms with Gasteiger partial charge in [0.25, 0.3) is 0 Å². The number of nitrogens with zero attached hydrogens (tertiary/aromatic N) is 1. The van der Waals surface area contributed by atoms with E-state index in [0.29, 0.717) is 28.8 Å². The molecule has 0 N–H and O–H groups in total. The number of carbonyl (C=O) groups excluding carboxylic acids is 3. The van der Waals surface area contributed by atoms with Crippen molar-refractivity contribution in [1.29, 1.82) is 0 Å². The summed E-state index contributed by atoms with van der Waals surface area (Å²) in [4.78, 5) is 40.1. The maximum Gasteiger partial charge on any atom is 0.238 e. The highest BCUT2D eigenvalue weighted by atomic mass is 19.1. The summed E-state index contributed by atoms with van der Waals surface area (Å²) >= 11 is 0. The summed E-state index contributed by atoms with van der Waals surface area (Å²) in [5.74, 6) is 0.402. The van der Waals surface area contributed by atoms with Gasteiger partial charge in [0.15, 0.2) is 12.4 Å². The topological polar surface area (TPSA) is 63.7 Å². The Kier molecular flexibility index (Phi) is 3.94. The van der Waals surface area contributed by atoms with Crippen LogP contribution in [0.1, 0.15) is 16.8 Å². The van der Waals surface area contributed by atoms with Crippen LogP contribution in [0.3, 0.4) is 0 Å². The number of carbonyl (C=O) groups is 3. The summed E-state index contributed by atoms with van der Waals surface area (Å²) < 4.78 is 18.7. The Bertz CT molecular complexity index is 1100. The number of anilines is 1. The van der Waals surface area contributed by atoms with Crippen LogP contribution in [-0.4, -0.2) is 24.2 Å². The zero-order chi connectivity index (χ0) is 21.3. The highest BCUT2D eigenvalue weighted by Crippen LogP contribution is 2.65. The number of benzene rings is 2. The molecule has 5 aliphatic rings. The van der Waals surface area contributed by atoms with E-state index >= 15 is 0 Å². The van der Waals surface area contributed by atoms with Gasteiger partial charge in [-0.1, -0.05) is 18.2 Å². The van der Waals surface area contributed by atoms with Crippen LogP contribution in [-0.2, 0) is 9.59 Å². The Hall–Kier alpha value is -3.28. The minimum absolute atomic E-state index is 0.126. The molecule has 2 aromatic carbocycles. The SMILES string of the molecule is O=C(COc1cccc(N2C(=O)[C@@H]3[C@@H]4C=C[C@H]([C@H]5C[C@@H]45)[C@@H]3C2=O)c1)c1ccc(F)cc1. The van der Waals surface area contributed by atoms with Gasteiger partial charge in [0.05, 0.1) is 17.5 Å². The first kappa shape index (κ1) is 18.5. The predicted molar refractivity (Wildman–Crippen MR) is 110 cm³/mol. The Labute approximate surface area is 178 Å². The summed E-state index contributed by atoms with van der Waals surface area (Å²) in [6.45, 7) is -0.223. The van der Waals surface area contributed by atoms with Gasteiger partial charge in [0.1, 0.15) is 11.6 Å². The summed E-state index contributed by atoms with van der Waals surface area (Å²) in [5, 5.41) is 0. The molecule has 1 aliphatic heterocycles. The van der Waals surface area contributed by atoms with Gasteiger partial charge >= 0.3 is 0 Å². The fourth-order valence-corrected chi connectivity index (χ4v) is 5.79. The number of ether oxygens (including phenoxy) is 1. The second kappa shape index (κ2) is 6.61. The molecule has 1 heterocycles. The van der Waals surface area contributed by atoms with Crippen molar-refractivity contribution in [1.82, 2.24) is 0 Å². The third kappa shape index (κ3) is 2.77. The highest BCUT2D eigenvalue weighted by Gasteiger charge is 2.67. The Morgan fingerprint density at radius 2 is 1.61 bits per heavy atom. The van der Waals surface area contributed by atoms with Gasteiger partial charge in [-0.25, -0.2) is 9.29 Å².